The zero-order chi connectivity index (χ0) is 11.8. The molecule has 0 spiro atoms. The van der Waals surface area contributed by atoms with Gasteiger partial charge < -0.3 is 10.1 Å². The van der Waals surface area contributed by atoms with E-state index in [0.29, 0.717) is 5.69 Å². The summed E-state index contributed by atoms with van der Waals surface area (Å²) in [7, 11) is 0. The van der Waals surface area contributed by atoms with Crippen LogP contribution in [0.25, 0.3) is 11.3 Å². The molecule has 0 amide bonds. The van der Waals surface area contributed by atoms with Gasteiger partial charge in [0.25, 0.3) is 0 Å². The summed E-state index contributed by atoms with van der Waals surface area (Å²) in [5.41, 5.74) is -0.196. The van der Waals surface area contributed by atoms with Crippen LogP contribution in [0.1, 0.15) is 5.56 Å². The minimum atomic E-state index is -4.41. The summed E-state index contributed by atoms with van der Waals surface area (Å²) in [6, 6.07) is 6.05. The number of phenolic OH excluding ortho intramolecular Hbond substituents is 1. The molecule has 0 atom stereocenters. The number of aromatic hydroxyl groups is 1. The van der Waals surface area contributed by atoms with Gasteiger partial charge in [0, 0.05) is 17.5 Å². The molecule has 1 aromatic carbocycles. The second kappa shape index (κ2) is 3.59. The van der Waals surface area contributed by atoms with Crippen LogP contribution in [0.4, 0.5) is 13.2 Å². The highest BCUT2D eigenvalue weighted by Gasteiger charge is 2.31. The predicted octanol–water partition coefficient (Wildman–Crippen LogP) is 3.41. The lowest BCUT2D eigenvalue weighted by atomic mass is 10.1. The standard InChI is InChI=1S/C11H8F3NO/c12-11(13,14)7-3-4-10(16)8(6-7)9-2-1-5-15-9/h1-6,15-16H. The smallest absolute Gasteiger partial charge is 0.416 e. The number of nitrogens with one attached hydrogen (secondary N) is 1. The van der Waals surface area contributed by atoms with E-state index in [2.05, 4.69) is 4.98 Å². The molecule has 0 radical (unpaired) electrons. The first-order chi connectivity index (χ1) is 7.48. The minimum Gasteiger partial charge on any atom is -0.507 e. The van der Waals surface area contributed by atoms with Crippen molar-refractivity contribution in [2.45, 2.75) is 6.18 Å². The first-order valence-electron chi connectivity index (χ1n) is 4.52. The van der Waals surface area contributed by atoms with E-state index in [-0.39, 0.29) is 11.3 Å². The number of aromatic nitrogens is 1. The molecular weight excluding hydrogens is 219 g/mol. The van der Waals surface area contributed by atoms with E-state index < -0.39 is 11.7 Å². The maximum Gasteiger partial charge on any atom is 0.416 e. The summed E-state index contributed by atoms with van der Waals surface area (Å²) in [5, 5.41) is 9.49. The predicted molar refractivity (Wildman–Crippen MR) is 52.9 cm³/mol. The number of halogens is 3. The number of rotatable bonds is 1. The van der Waals surface area contributed by atoms with Gasteiger partial charge in [0.2, 0.25) is 0 Å². The summed E-state index contributed by atoms with van der Waals surface area (Å²) in [6.07, 6.45) is -2.83. The van der Waals surface area contributed by atoms with Crippen molar-refractivity contribution in [3.63, 3.8) is 0 Å². The molecule has 0 saturated carbocycles. The van der Waals surface area contributed by atoms with Gasteiger partial charge in [-0.05, 0) is 30.3 Å². The number of alkyl halides is 3. The van der Waals surface area contributed by atoms with E-state index >= 15 is 0 Å². The zero-order valence-electron chi connectivity index (χ0n) is 8.05. The van der Waals surface area contributed by atoms with Gasteiger partial charge in [-0.2, -0.15) is 13.2 Å². The third-order valence-corrected chi connectivity index (χ3v) is 2.21. The maximum atomic E-state index is 12.4. The second-order valence-corrected chi connectivity index (χ2v) is 3.31. The van der Waals surface area contributed by atoms with Gasteiger partial charge in [-0.3, -0.25) is 0 Å². The van der Waals surface area contributed by atoms with E-state index in [9.17, 15) is 18.3 Å². The fraction of sp³-hybridized carbons (Fsp3) is 0.0909. The molecule has 5 heteroatoms. The molecule has 0 bridgehead atoms. The van der Waals surface area contributed by atoms with Crippen LogP contribution in [-0.4, -0.2) is 10.1 Å². The van der Waals surface area contributed by atoms with Crippen molar-refractivity contribution in [1.82, 2.24) is 4.98 Å². The monoisotopic (exact) mass is 227 g/mol. The fourth-order valence-corrected chi connectivity index (χ4v) is 1.43. The van der Waals surface area contributed by atoms with Crippen molar-refractivity contribution < 1.29 is 18.3 Å². The van der Waals surface area contributed by atoms with E-state index in [4.69, 9.17) is 0 Å². The van der Waals surface area contributed by atoms with Gasteiger partial charge >= 0.3 is 6.18 Å². The summed E-state index contributed by atoms with van der Waals surface area (Å²) < 4.78 is 37.3. The van der Waals surface area contributed by atoms with Gasteiger partial charge in [-0.25, -0.2) is 0 Å². The third kappa shape index (κ3) is 1.88. The Hall–Kier alpha value is -1.91. The molecule has 0 unspecified atom stereocenters. The molecule has 2 nitrogen and oxygen atoms in total. The van der Waals surface area contributed by atoms with Crippen molar-refractivity contribution in [2.24, 2.45) is 0 Å². The number of phenols is 1. The number of benzene rings is 1. The Balaban J connectivity index is 2.54. The topological polar surface area (TPSA) is 36.0 Å². The van der Waals surface area contributed by atoms with Gasteiger partial charge in [0.05, 0.1) is 5.56 Å². The quantitative estimate of drug-likeness (QED) is 0.769. The Kier molecular flexibility index (Phi) is 2.38. The van der Waals surface area contributed by atoms with Crippen LogP contribution in [0, 0.1) is 0 Å². The third-order valence-electron chi connectivity index (χ3n) is 2.21. The van der Waals surface area contributed by atoms with E-state index in [0.717, 1.165) is 18.2 Å². The van der Waals surface area contributed by atoms with Crippen molar-refractivity contribution >= 4 is 0 Å². The largest absolute Gasteiger partial charge is 0.507 e. The Labute approximate surface area is 89.4 Å². The van der Waals surface area contributed by atoms with Crippen molar-refractivity contribution in [3.8, 4) is 17.0 Å². The van der Waals surface area contributed by atoms with Crippen molar-refractivity contribution in [2.75, 3.05) is 0 Å². The normalized spacial score (nSPS) is 11.7. The molecule has 0 saturated heterocycles. The van der Waals surface area contributed by atoms with Crippen LogP contribution >= 0.6 is 0 Å². The van der Waals surface area contributed by atoms with Gasteiger partial charge in [0.1, 0.15) is 5.75 Å². The summed E-state index contributed by atoms with van der Waals surface area (Å²) in [5.74, 6) is -0.185. The lowest BCUT2D eigenvalue weighted by Gasteiger charge is -2.09. The molecule has 2 N–H and O–H groups in total. The first-order valence-corrected chi connectivity index (χ1v) is 4.52. The van der Waals surface area contributed by atoms with Gasteiger partial charge in [0.15, 0.2) is 0 Å². The lowest BCUT2D eigenvalue weighted by molar-refractivity contribution is -0.137. The van der Waals surface area contributed by atoms with Gasteiger partial charge in [-0.15, -0.1) is 0 Å². The average molecular weight is 227 g/mol. The van der Waals surface area contributed by atoms with E-state index in [1.165, 1.54) is 0 Å². The van der Waals surface area contributed by atoms with Crippen molar-refractivity contribution in [1.29, 1.82) is 0 Å². The molecular formula is C11H8F3NO. The second-order valence-electron chi connectivity index (χ2n) is 3.31. The van der Waals surface area contributed by atoms with E-state index in [1.54, 1.807) is 18.3 Å². The summed E-state index contributed by atoms with van der Waals surface area (Å²) in [4.78, 5) is 2.75. The number of hydrogen-bond donors (Lipinski definition) is 2. The Morgan fingerprint density at radius 2 is 1.88 bits per heavy atom. The Morgan fingerprint density at radius 3 is 2.44 bits per heavy atom. The Morgan fingerprint density at radius 1 is 1.12 bits per heavy atom. The average Bonchev–Trinajstić information content (AvgIpc) is 2.69. The molecule has 2 rings (SSSR count). The highest BCUT2D eigenvalue weighted by atomic mass is 19.4. The molecule has 2 aromatic rings. The van der Waals surface area contributed by atoms with Crippen molar-refractivity contribution in [3.05, 3.63) is 42.1 Å². The molecule has 0 aliphatic heterocycles. The van der Waals surface area contributed by atoms with Crippen LogP contribution < -0.4 is 0 Å². The van der Waals surface area contributed by atoms with Crippen LogP contribution in [0.2, 0.25) is 0 Å². The fourth-order valence-electron chi connectivity index (χ4n) is 1.43. The van der Waals surface area contributed by atoms with Crippen LogP contribution in [0.3, 0.4) is 0 Å². The number of H-pyrrole nitrogens is 1. The summed E-state index contributed by atoms with van der Waals surface area (Å²) in [6.45, 7) is 0. The molecule has 0 aliphatic carbocycles. The van der Waals surface area contributed by atoms with Crippen LogP contribution in [-0.2, 0) is 6.18 Å². The molecule has 16 heavy (non-hydrogen) atoms. The molecule has 1 heterocycles. The zero-order valence-corrected chi connectivity index (χ0v) is 8.05. The minimum absolute atomic E-state index is 0.139. The van der Waals surface area contributed by atoms with Crippen LogP contribution in [0.5, 0.6) is 5.75 Å². The SMILES string of the molecule is Oc1ccc(C(F)(F)F)cc1-c1ccc[nH]1. The lowest BCUT2D eigenvalue weighted by Crippen LogP contribution is -2.04. The number of aromatic amines is 1. The first kappa shape index (κ1) is 10.6. The molecule has 84 valence electrons. The maximum absolute atomic E-state index is 12.4. The van der Waals surface area contributed by atoms with Crippen LogP contribution in [0.15, 0.2) is 36.5 Å². The summed E-state index contributed by atoms with van der Waals surface area (Å²) >= 11 is 0. The Bertz CT molecular complexity index is 488. The van der Waals surface area contributed by atoms with Gasteiger partial charge in [-0.1, -0.05) is 0 Å². The number of hydrogen-bond acceptors (Lipinski definition) is 1. The molecule has 0 aliphatic rings. The highest BCUT2D eigenvalue weighted by molar-refractivity contribution is 5.67. The molecule has 0 fully saturated rings. The molecule has 1 aromatic heterocycles. The van der Waals surface area contributed by atoms with E-state index in [1.807, 2.05) is 0 Å². The highest BCUT2D eigenvalue weighted by Crippen LogP contribution is 2.35.